The lowest BCUT2D eigenvalue weighted by Crippen LogP contribution is -1.95. The smallest absolute Gasteiger partial charge is 0.190 e. The summed E-state index contributed by atoms with van der Waals surface area (Å²) in [5.41, 5.74) is 5.94. The normalized spacial score (nSPS) is 11.2. The molecule has 0 aliphatic heterocycles. The summed E-state index contributed by atoms with van der Waals surface area (Å²) < 4.78 is 0. The van der Waals surface area contributed by atoms with Crippen LogP contribution in [0.2, 0.25) is 0 Å². The Morgan fingerprint density at radius 3 is 2.65 bits per heavy atom. The maximum Gasteiger partial charge on any atom is 0.190 e. The second kappa shape index (κ2) is 8.47. The molecule has 0 fully saturated rings. The number of nitrogen functional groups attached to an aromatic ring is 1. The molecular weight excluding hydrogens is 286 g/mol. The molecule has 0 unspecified atom stereocenters. The van der Waals surface area contributed by atoms with Gasteiger partial charge < -0.3 is 5.73 Å². The highest BCUT2D eigenvalue weighted by Gasteiger charge is 2.06. The summed E-state index contributed by atoms with van der Waals surface area (Å²) in [5.74, 6) is 1.70. The second-order valence-electron chi connectivity index (χ2n) is 5.00. The maximum absolute atomic E-state index is 5.94. The Balaban J connectivity index is 1.68. The molecule has 2 aromatic heterocycles. The van der Waals surface area contributed by atoms with Gasteiger partial charge in [0.25, 0.3) is 0 Å². The number of nitrogens with two attached hydrogens (primary N) is 1. The molecule has 0 atom stereocenters. The lowest BCUT2D eigenvalue weighted by atomic mass is 10.1. The summed E-state index contributed by atoms with van der Waals surface area (Å²) in [6.45, 7) is 2.26. The van der Waals surface area contributed by atoms with Crippen LogP contribution < -0.4 is 5.73 Å². The fourth-order valence-electron chi connectivity index (χ4n) is 2.15. The third-order valence-corrected chi connectivity index (χ3v) is 5.05. The molecule has 0 aliphatic carbocycles. The van der Waals surface area contributed by atoms with Gasteiger partial charge in [-0.25, -0.2) is 9.97 Å². The Bertz CT molecular complexity index is 525. The van der Waals surface area contributed by atoms with Crippen molar-refractivity contribution in [1.29, 1.82) is 0 Å². The van der Waals surface area contributed by atoms with E-state index in [9.17, 15) is 0 Å². The van der Waals surface area contributed by atoms with E-state index in [0.29, 0.717) is 5.82 Å². The van der Waals surface area contributed by atoms with E-state index in [0.717, 1.165) is 21.1 Å². The molecule has 0 radical (unpaired) electrons. The van der Waals surface area contributed by atoms with Gasteiger partial charge >= 0.3 is 0 Å². The second-order valence-corrected chi connectivity index (χ2v) is 6.96. The largest absolute Gasteiger partial charge is 0.383 e. The van der Waals surface area contributed by atoms with E-state index in [1.165, 1.54) is 44.9 Å². The molecule has 110 valence electrons. The van der Waals surface area contributed by atoms with Gasteiger partial charge in [0, 0.05) is 5.75 Å². The number of thioether (sulfide) groups is 1. The van der Waals surface area contributed by atoms with Crippen molar-refractivity contribution in [1.82, 2.24) is 9.97 Å². The highest BCUT2D eigenvalue weighted by molar-refractivity contribution is 7.99. The predicted octanol–water partition coefficient (Wildman–Crippen LogP) is 5.12. The van der Waals surface area contributed by atoms with Crippen LogP contribution in [0.1, 0.15) is 51.9 Å². The van der Waals surface area contributed by atoms with Crippen LogP contribution in [0.3, 0.4) is 0 Å². The molecule has 20 heavy (non-hydrogen) atoms. The Hall–Kier alpha value is -0.810. The Kier molecular flexibility index (Phi) is 6.60. The van der Waals surface area contributed by atoms with Crippen molar-refractivity contribution in [2.24, 2.45) is 0 Å². The van der Waals surface area contributed by atoms with E-state index in [-0.39, 0.29) is 0 Å². The first kappa shape index (κ1) is 15.6. The number of aromatic nitrogens is 2. The van der Waals surface area contributed by atoms with Gasteiger partial charge in [-0.2, -0.15) is 0 Å². The minimum atomic E-state index is 0.610. The van der Waals surface area contributed by atoms with Gasteiger partial charge in [-0.1, -0.05) is 57.2 Å². The van der Waals surface area contributed by atoms with Crippen molar-refractivity contribution in [3.63, 3.8) is 0 Å². The Labute approximate surface area is 129 Å². The summed E-state index contributed by atoms with van der Waals surface area (Å²) in [4.78, 5) is 9.91. The summed E-state index contributed by atoms with van der Waals surface area (Å²) in [6.07, 6.45) is 9.37. The number of hydrogen-bond acceptors (Lipinski definition) is 5. The number of nitrogens with zero attached hydrogens (tertiary/aromatic N) is 2. The van der Waals surface area contributed by atoms with Crippen molar-refractivity contribution in [3.05, 3.63) is 11.4 Å². The van der Waals surface area contributed by atoms with Gasteiger partial charge in [-0.15, -0.1) is 11.3 Å². The third kappa shape index (κ3) is 4.63. The molecule has 0 bridgehead atoms. The fraction of sp³-hybridized carbons (Fsp3) is 0.600. The standard InChI is InChI=1S/C15H23N3S2/c1-2-3-4-5-6-7-8-10-20-15-17-13(16)12-9-11-19-14(12)18-15/h9,11H,2-8,10H2,1H3,(H2,16,17,18). The van der Waals surface area contributed by atoms with E-state index in [1.807, 2.05) is 11.4 Å². The van der Waals surface area contributed by atoms with Crippen LogP contribution in [-0.2, 0) is 0 Å². The minimum absolute atomic E-state index is 0.610. The SMILES string of the molecule is CCCCCCCCCSc1nc(N)c2ccsc2n1. The molecule has 0 aromatic carbocycles. The van der Waals surface area contributed by atoms with Crippen LogP contribution in [-0.4, -0.2) is 15.7 Å². The lowest BCUT2D eigenvalue weighted by Gasteiger charge is -2.03. The number of thiophene rings is 1. The molecule has 3 nitrogen and oxygen atoms in total. The highest BCUT2D eigenvalue weighted by Crippen LogP contribution is 2.26. The molecule has 2 heterocycles. The predicted molar refractivity (Wildman–Crippen MR) is 90.5 cm³/mol. The maximum atomic E-state index is 5.94. The van der Waals surface area contributed by atoms with Gasteiger partial charge in [0.1, 0.15) is 10.6 Å². The average Bonchev–Trinajstić information content (AvgIpc) is 2.91. The summed E-state index contributed by atoms with van der Waals surface area (Å²) in [6, 6.07) is 1.99. The van der Waals surface area contributed by atoms with Crippen molar-refractivity contribution in [2.75, 3.05) is 11.5 Å². The first-order valence-electron chi connectivity index (χ1n) is 7.44. The van der Waals surface area contributed by atoms with Crippen LogP contribution in [0.4, 0.5) is 5.82 Å². The van der Waals surface area contributed by atoms with E-state index in [2.05, 4.69) is 16.9 Å². The number of hydrogen-bond donors (Lipinski definition) is 1. The Morgan fingerprint density at radius 1 is 1.10 bits per heavy atom. The minimum Gasteiger partial charge on any atom is -0.383 e. The van der Waals surface area contributed by atoms with Crippen LogP contribution in [0.25, 0.3) is 10.2 Å². The highest BCUT2D eigenvalue weighted by atomic mass is 32.2. The quantitative estimate of drug-likeness (QED) is 0.397. The van der Waals surface area contributed by atoms with E-state index in [1.54, 1.807) is 23.1 Å². The molecule has 0 saturated carbocycles. The first-order valence-corrected chi connectivity index (χ1v) is 9.31. The van der Waals surface area contributed by atoms with Crippen molar-refractivity contribution < 1.29 is 0 Å². The Morgan fingerprint density at radius 2 is 1.85 bits per heavy atom. The average molecular weight is 310 g/mol. The first-order chi connectivity index (χ1) is 9.81. The number of fused-ring (bicyclic) bond motifs is 1. The van der Waals surface area contributed by atoms with Crippen molar-refractivity contribution in [2.45, 2.75) is 57.0 Å². The van der Waals surface area contributed by atoms with Crippen LogP contribution in [0.5, 0.6) is 0 Å². The zero-order chi connectivity index (χ0) is 14.2. The number of rotatable bonds is 9. The third-order valence-electron chi connectivity index (χ3n) is 3.31. The molecule has 2 rings (SSSR count). The number of unbranched alkanes of at least 4 members (excludes halogenated alkanes) is 6. The van der Waals surface area contributed by atoms with Crippen LogP contribution >= 0.6 is 23.1 Å². The molecule has 0 spiro atoms. The molecular formula is C15H23N3S2. The fourth-order valence-corrected chi connectivity index (χ4v) is 3.82. The van der Waals surface area contributed by atoms with Gasteiger partial charge in [0.05, 0.1) is 5.39 Å². The zero-order valence-corrected chi connectivity index (χ0v) is 13.7. The van der Waals surface area contributed by atoms with Crippen LogP contribution in [0, 0.1) is 0 Å². The summed E-state index contributed by atoms with van der Waals surface area (Å²) in [7, 11) is 0. The van der Waals surface area contributed by atoms with Gasteiger partial charge in [0.15, 0.2) is 5.16 Å². The van der Waals surface area contributed by atoms with E-state index < -0.39 is 0 Å². The van der Waals surface area contributed by atoms with Crippen LogP contribution in [0.15, 0.2) is 16.6 Å². The topological polar surface area (TPSA) is 51.8 Å². The lowest BCUT2D eigenvalue weighted by molar-refractivity contribution is 0.603. The zero-order valence-electron chi connectivity index (χ0n) is 12.1. The molecule has 2 aromatic rings. The summed E-state index contributed by atoms with van der Waals surface area (Å²) in [5, 5.41) is 3.82. The molecule has 0 saturated heterocycles. The van der Waals surface area contributed by atoms with E-state index >= 15 is 0 Å². The molecule has 2 N–H and O–H groups in total. The monoisotopic (exact) mass is 309 g/mol. The number of anilines is 1. The van der Waals surface area contributed by atoms with Crippen molar-refractivity contribution in [3.8, 4) is 0 Å². The van der Waals surface area contributed by atoms with E-state index in [4.69, 9.17) is 5.73 Å². The molecule has 0 aliphatic rings. The molecule has 5 heteroatoms. The van der Waals surface area contributed by atoms with Gasteiger partial charge in [-0.3, -0.25) is 0 Å². The van der Waals surface area contributed by atoms with Crippen molar-refractivity contribution >= 4 is 39.1 Å². The molecule has 0 amide bonds. The van der Waals surface area contributed by atoms with Gasteiger partial charge in [0.2, 0.25) is 0 Å². The summed E-state index contributed by atoms with van der Waals surface area (Å²) >= 11 is 3.35. The van der Waals surface area contributed by atoms with Gasteiger partial charge in [-0.05, 0) is 17.9 Å².